The van der Waals surface area contributed by atoms with Gasteiger partial charge in [-0.05, 0) is 30.5 Å². The maximum absolute atomic E-state index is 11.7. The van der Waals surface area contributed by atoms with Gasteiger partial charge in [-0.15, -0.1) is 0 Å². The summed E-state index contributed by atoms with van der Waals surface area (Å²) >= 11 is 0. The molecule has 2 fully saturated rings. The third-order valence-corrected chi connectivity index (χ3v) is 5.25. The fraction of sp³-hybridized carbons (Fsp3) is 0.611. The Bertz CT molecular complexity index is 518. The van der Waals surface area contributed by atoms with E-state index < -0.39 is 12.0 Å². The highest BCUT2D eigenvalue weighted by Gasteiger charge is 2.32. The highest BCUT2D eigenvalue weighted by molar-refractivity contribution is 5.75. The van der Waals surface area contributed by atoms with E-state index in [4.69, 9.17) is 0 Å². The van der Waals surface area contributed by atoms with Crippen LogP contribution < -0.4 is 0 Å². The van der Waals surface area contributed by atoms with E-state index in [0.717, 1.165) is 31.7 Å². The number of hydrogen-bond acceptors (Lipinski definition) is 4. The zero-order chi connectivity index (χ0) is 16.2. The van der Waals surface area contributed by atoms with Crippen molar-refractivity contribution in [3.63, 3.8) is 0 Å². The average molecular weight is 318 g/mol. The summed E-state index contributed by atoms with van der Waals surface area (Å²) in [5, 5.41) is 19.0. The molecule has 0 radical (unpaired) electrons. The van der Waals surface area contributed by atoms with Crippen molar-refractivity contribution in [2.75, 3.05) is 26.2 Å². The summed E-state index contributed by atoms with van der Waals surface area (Å²) in [5.41, 5.74) is 0.737. The summed E-state index contributed by atoms with van der Waals surface area (Å²) in [6.07, 6.45) is 6.60. The molecule has 2 aliphatic rings. The van der Waals surface area contributed by atoms with Crippen molar-refractivity contribution < 1.29 is 15.0 Å². The zero-order valence-corrected chi connectivity index (χ0v) is 13.5. The summed E-state index contributed by atoms with van der Waals surface area (Å²) in [5.74, 6) is -0.651. The Labute approximate surface area is 137 Å². The SMILES string of the molecule is O=C(O)[C@@H](c1ccc(O)cc1)N1CCN(C2CCCCC2)CC1. The summed E-state index contributed by atoms with van der Waals surface area (Å²) in [4.78, 5) is 16.3. The van der Waals surface area contributed by atoms with Crippen LogP contribution in [-0.4, -0.2) is 58.2 Å². The van der Waals surface area contributed by atoms with Crippen molar-refractivity contribution in [1.82, 2.24) is 9.80 Å². The van der Waals surface area contributed by atoms with Crippen LogP contribution in [0.2, 0.25) is 0 Å². The van der Waals surface area contributed by atoms with Gasteiger partial charge in [0.1, 0.15) is 11.8 Å². The Hall–Kier alpha value is -1.59. The number of benzene rings is 1. The molecular weight excluding hydrogens is 292 g/mol. The van der Waals surface area contributed by atoms with E-state index in [1.165, 1.54) is 32.1 Å². The standard InChI is InChI=1S/C18H26N2O3/c21-16-8-6-14(7-9-16)17(18(22)23)20-12-10-19(11-13-20)15-4-2-1-3-5-15/h6-9,15,17,21H,1-5,10-13H2,(H,22,23)/t17-/m1/s1. The molecule has 1 aliphatic heterocycles. The van der Waals surface area contributed by atoms with Gasteiger partial charge >= 0.3 is 5.97 Å². The highest BCUT2D eigenvalue weighted by atomic mass is 16.4. The lowest BCUT2D eigenvalue weighted by Gasteiger charge is -2.42. The van der Waals surface area contributed by atoms with Crippen molar-refractivity contribution in [3.05, 3.63) is 29.8 Å². The molecule has 0 unspecified atom stereocenters. The lowest BCUT2D eigenvalue weighted by atomic mass is 9.93. The molecular formula is C18H26N2O3. The van der Waals surface area contributed by atoms with E-state index in [-0.39, 0.29) is 5.75 Å². The second-order valence-electron chi connectivity index (χ2n) is 6.70. The van der Waals surface area contributed by atoms with Crippen LogP contribution in [0.5, 0.6) is 5.75 Å². The van der Waals surface area contributed by atoms with E-state index in [2.05, 4.69) is 4.90 Å². The van der Waals surface area contributed by atoms with Crippen LogP contribution >= 0.6 is 0 Å². The number of carboxylic acids is 1. The molecule has 3 rings (SSSR count). The van der Waals surface area contributed by atoms with E-state index in [0.29, 0.717) is 6.04 Å². The number of aliphatic carboxylic acids is 1. The maximum Gasteiger partial charge on any atom is 0.325 e. The van der Waals surface area contributed by atoms with Gasteiger partial charge in [-0.3, -0.25) is 14.6 Å². The minimum atomic E-state index is -0.818. The van der Waals surface area contributed by atoms with Gasteiger partial charge in [-0.2, -0.15) is 0 Å². The quantitative estimate of drug-likeness (QED) is 0.893. The van der Waals surface area contributed by atoms with Crippen molar-refractivity contribution in [3.8, 4) is 5.75 Å². The zero-order valence-electron chi connectivity index (χ0n) is 13.5. The fourth-order valence-corrected chi connectivity index (χ4v) is 3.97. The van der Waals surface area contributed by atoms with Crippen molar-refractivity contribution >= 4 is 5.97 Å². The number of hydrogen-bond donors (Lipinski definition) is 2. The summed E-state index contributed by atoms with van der Waals surface area (Å²) in [6.45, 7) is 3.47. The molecule has 5 heteroatoms. The van der Waals surface area contributed by atoms with Crippen LogP contribution in [0.15, 0.2) is 24.3 Å². The number of phenolic OH excluding ortho intramolecular Hbond substituents is 1. The molecule has 1 aromatic rings. The summed E-state index contributed by atoms with van der Waals surface area (Å²) in [6, 6.07) is 6.61. The number of nitrogens with zero attached hydrogens (tertiary/aromatic N) is 2. The Morgan fingerprint density at radius 2 is 1.61 bits per heavy atom. The van der Waals surface area contributed by atoms with Gasteiger partial charge in [-0.25, -0.2) is 0 Å². The number of rotatable bonds is 4. The minimum absolute atomic E-state index is 0.167. The molecule has 1 atom stereocenters. The molecule has 1 saturated carbocycles. The second kappa shape index (κ2) is 7.32. The molecule has 1 saturated heterocycles. The number of piperazine rings is 1. The molecule has 2 N–H and O–H groups in total. The number of carboxylic acid groups (broad SMARTS) is 1. The third-order valence-electron chi connectivity index (χ3n) is 5.25. The van der Waals surface area contributed by atoms with Crippen LogP contribution in [0.25, 0.3) is 0 Å². The van der Waals surface area contributed by atoms with Gasteiger partial charge in [0.25, 0.3) is 0 Å². The topological polar surface area (TPSA) is 64.0 Å². The molecule has 0 bridgehead atoms. The molecule has 1 heterocycles. The lowest BCUT2D eigenvalue weighted by Crippen LogP contribution is -2.52. The summed E-state index contributed by atoms with van der Waals surface area (Å²) < 4.78 is 0. The molecule has 0 spiro atoms. The van der Waals surface area contributed by atoms with Crippen molar-refractivity contribution in [2.45, 2.75) is 44.2 Å². The van der Waals surface area contributed by atoms with Gasteiger partial charge in [0, 0.05) is 32.2 Å². The van der Waals surface area contributed by atoms with Gasteiger partial charge in [0.2, 0.25) is 0 Å². The first-order chi connectivity index (χ1) is 11.1. The van der Waals surface area contributed by atoms with Crippen LogP contribution in [-0.2, 0) is 4.79 Å². The Kier molecular flexibility index (Phi) is 5.18. The van der Waals surface area contributed by atoms with E-state index in [1.54, 1.807) is 24.3 Å². The van der Waals surface area contributed by atoms with E-state index in [1.807, 2.05) is 4.90 Å². The van der Waals surface area contributed by atoms with Crippen LogP contribution in [0, 0.1) is 0 Å². The average Bonchev–Trinajstić information content (AvgIpc) is 2.58. The minimum Gasteiger partial charge on any atom is -0.508 e. The molecule has 1 aliphatic carbocycles. The maximum atomic E-state index is 11.7. The van der Waals surface area contributed by atoms with Crippen LogP contribution in [0.1, 0.15) is 43.7 Å². The monoisotopic (exact) mass is 318 g/mol. The van der Waals surface area contributed by atoms with Crippen molar-refractivity contribution in [2.24, 2.45) is 0 Å². The first-order valence-electron chi connectivity index (χ1n) is 8.65. The number of carbonyl (C=O) groups is 1. The van der Waals surface area contributed by atoms with E-state index in [9.17, 15) is 15.0 Å². The van der Waals surface area contributed by atoms with Gasteiger partial charge in [-0.1, -0.05) is 31.4 Å². The number of phenols is 1. The fourth-order valence-electron chi connectivity index (χ4n) is 3.97. The normalized spacial score (nSPS) is 22.8. The predicted octanol–water partition coefficient (Wildman–Crippen LogP) is 2.47. The second-order valence-corrected chi connectivity index (χ2v) is 6.70. The van der Waals surface area contributed by atoms with Crippen molar-refractivity contribution in [1.29, 1.82) is 0 Å². The first-order valence-corrected chi connectivity index (χ1v) is 8.65. The predicted molar refractivity (Wildman–Crippen MR) is 88.5 cm³/mol. The summed E-state index contributed by atoms with van der Waals surface area (Å²) in [7, 11) is 0. The molecule has 126 valence electrons. The third kappa shape index (κ3) is 3.85. The Balaban J connectivity index is 1.64. The molecule has 5 nitrogen and oxygen atoms in total. The number of aromatic hydroxyl groups is 1. The smallest absolute Gasteiger partial charge is 0.325 e. The highest BCUT2D eigenvalue weighted by Crippen LogP contribution is 2.27. The van der Waals surface area contributed by atoms with Gasteiger partial charge in [0.15, 0.2) is 0 Å². The van der Waals surface area contributed by atoms with Crippen LogP contribution in [0.4, 0.5) is 0 Å². The molecule has 0 amide bonds. The molecule has 1 aromatic carbocycles. The first kappa shape index (κ1) is 16.3. The van der Waals surface area contributed by atoms with E-state index >= 15 is 0 Å². The van der Waals surface area contributed by atoms with Crippen LogP contribution in [0.3, 0.4) is 0 Å². The lowest BCUT2D eigenvalue weighted by molar-refractivity contribution is -0.144. The van der Waals surface area contributed by atoms with Gasteiger partial charge < -0.3 is 10.2 Å². The Morgan fingerprint density at radius 3 is 2.17 bits per heavy atom. The Morgan fingerprint density at radius 1 is 1.00 bits per heavy atom. The molecule has 23 heavy (non-hydrogen) atoms. The van der Waals surface area contributed by atoms with Gasteiger partial charge in [0.05, 0.1) is 0 Å². The largest absolute Gasteiger partial charge is 0.508 e. The molecule has 0 aromatic heterocycles.